The fraction of sp³-hybridized carbons (Fsp3) is 0.391. The third kappa shape index (κ3) is 5.41. The molecular formula is C23H25BrF2N6O2. The maximum absolute atomic E-state index is 12.7. The molecule has 1 aliphatic rings. The van der Waals surface area contributed by atoms with Crippen molar-refractivity contribution in [2.24, 2.45) is 0 Å². The van der Waals surface area contributed by atoms with Crippen LogP contribution in [0.4, 0.5) is 20.2 Å². The molecule has 4 rings (SSSR count). The van der Waals surface area contributed by atoms with Crippen LogP contribution < -0.4 is 9.80 Å². The lowest BCUT2D eigenvalue weighted by Gasteiger charge is -2.38. The fourth-order valence-corrected chi connectivity index (χ4v) is 4.39. The second-order valence-electron chi connectivity index (χ2n) is 8.30. The number of alkyl halides is 2. The monoisotopic (exact) mass is 534 g/mol. The molecule has 1 aliphatic heterocycles. The van der Waals surface area contributed by atoms with Gasteiger partial charge in [0, 0.05) is 23.8 Å². The quantitative estimate of drug-likeness (QED) is 0.393. The van der Waals surface area contributed by atoms with E-state index in [2.05, 4.69) is 55.0 Å². The van der Waals surface area contributed by atoms with E-state index >= 15 is 0 Å². The molecule has 180 valence electrons. The van der Waals surface area contributed by atoms with Gasteiger partial charge in [-0.2, -0.15) is 8.78 Å². The number of piperidine rings is 1. The summed E-state index contributed by atoms with van der Waals surface area (Å²) in [4.78, 5) is 22.7. The molecule has 0 unspecified atom stereocenters. The Morgan fingerprint density at radius 1 is 1.21 bits per heavy atom. The van der Waals surface area contributed by atoms with Crippen LogP contribution in [-0.4, -0.2) is 59.7 Å². The number of benzene rings is 1. The number of rotatable bonds is 8. The van der Waals surface area contributed by atoms with Crippen molar-refractivity contribution in [1.82, 2.24) is 20.1 Å². The molecule has 34 heavy (non-hydrogen) atoms. The van der Waals surface area contributed by atoms with Gasteiger partial charge in [-0.3, -0.25) is 9.78 Å². The summed E-state index contributed by atoms with van der Waals surface area (Å²) in [7, 11) is 4.20. The third-order valence-corrected chi connectivity index (χ3v) is 6.51. The number of aromatic nitrogens is 3. The lowest BCUT2D eigenvalue weighted by molar-refractivity contribution is -0.107. The van der Waals surface area contributed by atoms with E-state index in [4.69, 9.17) is 4.42 Å². The van der Waals surface area contributed by atoms with Gasteiger partial charge >= 0.3 is 6.43 Å². The number of carbonyl (C=O) groups is 1. The molecule has 0 aliphatic carbocycles. The molecule has 0 radical (unpaired) electrons. The van der Waals surface area contributed by atoms with Crippen LogP contribution >= 0.6 is 15.9 Å². The van der Waals surface area contributed by atoms with Crippen LogP contribution in [0.1, 0.15) is 30.9 Å². The van der Waals surface area contributed by atoms with Gasteiger partial charge in [0.25, 0.3) is 5.89 Å². The summed E-state index contributed by atoms with van der Waals surface area (Å²) in [5.74, 6) is -0.766. The smallest absolute Gasteiger partial charge is 0.314 e. The molecule has 0 spiro atoms. The maximum atomic E-state index is 12.7. The van der Waals surface area contributed by atoms with Gasteiger partial charge in [0.2, 0.25) is 12.3 Å². The molecule has 0 atom stereocenters. The molecule has 0 saturated carbocycles. The predicted octanol–water partition coefficient (Wildman–Crippen LogP) is 4.53. The van der Waals surface area contributed by atoms with Crippen molar-refractivity contribution in [3.05, 3.63) is 52.6 Å². The van der Waals surface area contributed by atoms with Gasteiger partial charge in [0.1, 0.15) is 0 Å². The van der Waals surface area contributed by atoms with Crippen molar-refractivity contribution >= 4 is 33.7 Å². The Bertz CT molecular complexity index is 1120. The number of carbonyl (C=O) groups excluding carboxylic acids is 1. The van der Waals surface area contributed by atoms with Crippen LogP contribution in [0.5, 0.6) is 0 Å². The van der Waals surface area contributed by atoms with E-state index in [1.165, 1.54) is 6.20 Å². The topological polar surface area (TPSA) is 78.6 Å². The van der Waals surface area contributed by atoms with Gasteiger partial charge in [0.15, 0.2) is 0 Å². The van der Waals surface area contributed by atoms with Crippen LogP contribution in [0, 0.1) is 0 Å². The van der Waals surface area contributed by atoms with Crippen molar-refractivity contribution in [3.8, 4) is 11.5 Å². The highest BCUT2D eigenvalue weighted by atomic mass is 79.9. The number of likely N-dealkylation sites (tertiary alicyclic amines) is 1. The number of hydrogen-bond donors (Lipinski definition) is 0. The first-order valence-electron chi connectivity index (χ1n) is 10.9. The molecule has 3 aromatic rings. The normalized spacial score (nSPS) is 15.0. The van der Waals surface area contributed by atoms with Gasteiger partial charge in [-0.15, -0.1) is 10.2 Å². The van der Waals surface area contributed by atoms with Crippen LogP contribution in [0.2, 0.25) is 0 Å². The number of amides is 1. The first kappa shape index (κ1) is 24.2. The zero-order valence-corrected chi connectivity index (χ0v) is 20.5. The number of pyridine rings is 1. The Morgan fingerprint density at radius 3 is 2.59 bits per heavy atom. The summed E-state index contributed by atoms with van der Waals surface area (Å²) in [6.45, 7) is 2.31. The van der Waals surface area contributed by atoms with Gasteiger partial charge < -0.3 is 19.1 Å². The van der Waals surface area contributed by atoms with E-state index in [-0.39, 0.29) is 12.4 Å². The second kappa shape index (κ2) is 10.6. The summed E-state index contributed by atoms with van der Waals surface area (Å²) in [6.07, 6.45) is 1.52. The van der Waals surface area contributed by atoms with Gasteiger partial charge in [0.05, 0.1) is 29.2 Å². The lowest BCUT2D eigenvalue weighted by atomic mass is 10.0. The zero-order chi connectivity index (χ0) is 24.2. The molecule has 11 heteroatoms. The highest BCUT2D eigenvalue weighted by Crippen LogP contribution is 2.35. The largest absolute Gasteiger partial charge is 0.415 e. The summed E-state index contributed by atoms with van der Waals surface area (Å²) < 4.78 is 31.2. The standard InChI is InChI=1S/C23H25BrF2N6O2/c1-30-9-7-18(8-10-30)31(2)19-6-4-16(24)11-20(19)32(14-33)13-17-5-3-15(12-27-17)22-28-29-23(34-22)21(25)26/h3-6,11-12,14,18,21H,7-10,13H2,1-2H3. The van der Waals surface area contributed by atoms with Crippen molar-refractivity contribution in [1.29, 1.82) is 0 Å². The minimum Gasteiger partial charge on any atom is -0.415 e. The first-order valence-corrected chi connectivity index (χ1v) is 11.6. The lowest BCUT2D eigenvalue weighted by Crippen LogP contribution is -2.42. The highest BCUT2D eigenvalue weighted by Gasteiger charge is 2.24. The molecule has 1 fully saturated rings. The van der Waals surface area contributed by atoms with E-state index in [9.17, 15) is 13.6 Å². The van der Waals surface area contributed by atoms with Gasteiger partial charge in [-0.05, 0) is 63.3 Å². The van der Waals surface area contributed by atoms with E-state index in [1.807, 2.05) is 18.2 Å². The third-order valence-electron chi connectivity index (χ3n) is 6.02. The molecule has 0 bridgehead atoms. The number of nitrogens with zero attached hydrogens (tertiary/aromatic N) is 6. The number of halogens is 3. The van der Waals surface area contributed by atoms with Gasteiger partial charge in [-0.1, -0.05) is 15.9 Å². The average Bonchev–Trinajstić information content (AvgIpc) is 3.34. The van der Waals surface area contributed by atoms with Crippen molar-refractivity contribution in [2.75, 3.05) is 37.0 Å². The summed E-state index contributed by atoms with van der Waals surface area (Å²) in [5, 5.41) is 6.97. The molecule has 8 nitrogen and oxygen atoms in total. The number of hydrogen-bond acceptors (Lipinski definition) is 7. The first-order chi connectivity index (χ1) is 16.4. The van der Waals surface area contributed by atoms with Crippen molar-refractivity contribution in [2.45, 2.75) is 31.9 Å². The Kier molecular flexibility index (Phi) is 7.52. The molecule has 1 saturated heterocycles. The van der Waals surface area contributed by atoms with E-state index in [1.54, 1.807) is 17.0 Å². The SMILES string of the molecule is CN1CCC(N(C)c2ccc(Br)cc2N(C=O)Cc2ccc(-c3nnc(C(F)F)o3)cn2)CC1. The minimum absolute atomic E-state index is 0.0318. The minimum atomic E-state index is -2.83. The Hall–Kier alpha value is -2.92. The summed E-state index contributed by atoms with van der Waals surface area (Å²) in [6, 6.07) is 9.65. The summed E-state index contributed by atoms with van der Waals surface area (Å²) >= 11 is 3.52. The highest BCUT2D eigenvalue weighted by molar-refractivity contribution is 9.10. The van der Waals surface area contributed by atoms with E-state index in [0.717, 1.165) is 48.2 Å². The molecule has 1 amide bonds. The Labute approximate surface area is 204 Å². The van der Waals surface area contributed by atoms with E-state index in [0.29, 0.717) is 17.3 Å². The maximum Gasteiger partial charge on any atom is 0.314 e. The molecule has 2 aromatic heterocycles. The zero-order valence-electron chi connectivity index (χ0n) is 18.9. The fourth-order valence-electron chi connectivity index (χ4n) is 4.04. The Balaban J connectivity index is 1.54. The number of anilines is 2. The predicted molar refractivity (Wildman–Crippen MR) is 128 cm³/mol. The Morgan fingerprint density at radius 2 is 1.97 bits per heavy atom. The van der Waals surface area contributed by atoms with Crippen LogP contribution in [0.15, 0.2) is 45.4 Å². The van der Waals surface area contributed by atoms with Crippen LogP contribution in [-0.2, 0) is 11.3 Å². The van der Waals surface area contributed by atoms with Crippen molar-refractivity contribution in [3.63, 3.8) is 0 Å². The van der Waals surface area contributed by atoms with Crippen LogP contribution in [0.25, 0.3) is 11.5 Å². The van der Waals surface area contributed by atoms with Crippen LogP contribution in [0.3, 0.4) is 0 Å². The van der Waals surface area contributed by atoms with E-state index < -0.39 is 12.3 Å². The second-order valence-corrected chi connectivity index (χ2v) is 9.21. The molecule has 0 N–H and O–H groups in total. The average molecular weight is 535 g/mol. The van der Waals surface area contributed by atoms with Gasteiger partial charge in [-0.25, -0.2) is 0 Å². The molecule has 1 aromatic carbocycles. The van der Waals surface area contributed by atoms with Crippen molar-refractivity contribution < 1.29 is 18.0 Å². The molecule has 3 heterocycles. The molecular weight excluding hydrogens is 510 g/mol. The summed E-state index contributed by atoms with van der Waals surface area (Å²) in [5.41, 5.74) is 2.78.